The molecule has 0 aliphatic rings. The molecule has 3 N–H and O–H groups in total. The van der Waals surface area contributed by atoms with Crippen LogP contribution in [0.1, 0.15) is 5.56 Å². The molecule has 0 atom stereocenters. The Labute approximate surface area is 112 Å². The Bertz CT molecular complexity index is 619. The third-order valence-electron chi connectivity index (χ3n) is 3.12. The van der Waals surface area contributed by atoms with Crippen molar-refractivity contribution in [2.24, 2.45) is 0 Å². The van der Waals surface area contributed by atoms with Gasteiger partial charge in [-0.1, -0.05) is 42.0 Å². The van der Waals surface area contributed by atoms with Crippen molar-refractivity contribution in [3.63, 3.8) is 0 Å². The highest BCUT2D eigenvalue weighted by Crippen LogP contribution is 2.23. The molecule has 1 aromatic heterocycles. The summed E-state index contributed by atoms with van der Waals surface area (Å²) in [5.41, 5.74) is 10.9. The maximum atomic E-state index is 5.69. The Kier molecular flexibility index (Phi) is 2.80. The zero-order valence-corrected chi connectivity index (χ0v) is 10.7. The molecule has 3 nitrogen and oxygen atoms in total. The fourth-order valence-corrected chi connectivity index (χ4v) is 1.99. The van der Waals surface area contributed by atoms with E-state index < -0.39 is 0 Å². The van der Waals surface area contributed by atoms with E-state index in [4.69, 9.17) is 5.73 Å². The van der Waals surface area contributed by atoms with Crippen molar-refractivity contribution < 1.29 is 0 Å². The van der Waals surface area contributed by atoms with Gasteiger partial charge in [0.05, 0.1) is 11.9 Å². The molecule has 0 spiro atoms. The number of aryl methyl sites for hydroxylation is 1. The Morgan fingerprint density at radius 1 is 0.895 bits per heavy atom. The number of nitrogens with one attached hydrogen (secondary N) is 1. The maximum Gasteiger partial charge on any atom is 0.137 e. The number of aromatic nitrogens is 2. The van der Waals surface area contributed by atoms with Crippen LogP contribution in [0.15, 0.2) is 54.7 Å². The van der Waals surface area contributed by atoms with E-state index in [-0.39, 0.29) is 0 Å². The number of nitrogen functional groups attached to an aromatic ring is 1. The van der Waals surface area contributed by atoms with E-state index in [9.17, 15) is 0 Å². The first kappa shape index (κ1) is 11.5. The normalized spacial score (nSPS) is 10.6. The van der Waals surface area contributed by atoms with Gasteiger partial charge in [0.15, 0.2) is 0 Å². The summed E-state index contributed by atoms with van der Waals surface area (Å²) in [4.78, 5) is 7.76. The average Bonchev–Trinajstić information content (AvgIpc) is 2.90. The Balaban J connectivity index is 1.95. The minimum absolute atomic E-state index is 0.766. The zero-order valence-electron chi connectivity index (χ0n) is 10.7. The SMILES string of the molecule is Cc1ccc(-c2ncc(-c3ccc(N)cc3)[nH]2)cc1. The van der Waals surface area contributed by atoms with Crippen LogP contribution in [0, 0.1) is 6.92 Å². The van der Waals surface area contributed by atoms with E-state index in [0.29, 0.717) is 0 Å². The predicted octanol–water partition coefficient (Wildman–Crippen LogP) is 3.63. The van der Waals surface area contributed by atoms with Crippen LogP contribution in [0.5, 0.6) is 0 Å². The summed E-state index contributed by atoms with van der Waals surface area (Å²) >= 11 is 0. The maximum absolute atomic E-state index is 5.69. The molecule has 0 saturated heterocycles. The monoisotopic (exact) mass is 249 g/mol. The van der Waals surface area contributed by atoms with Crippen molar-refractivity contribution in [1.29, 1.82) is 0 Å². The number of rotatable bonds is 2. The Hall–Kier alpha value is -2.55. The van der Waals surface area contributed by atoms with Gasteiger partial charge in [-0.05, 0) is 24.6 Å². The largest absolute Gasteiger partial charge is 0.399 e. The third-order valence-corrected chi connectivity index (χ3v) is 3.12. The molecular formula is C16H15N3. The van der Waals surface area contributed by atoms with Gasteiger partial charge in [-0.3, -0.25) is 0 Å². The first-order chi connectivity index (χ1) is 9.22. The van der Waals surface area contributed by atoms with E-state index in [1.165, 1.54) is 5.56 Å². The second kappa shape index (κ2) is 4.61. The lowest BCUT2D eigenvalue weighted by Crippen LogP contribution is -1.84. The molecule has 0 saturated carbocycles. The van der Waals surface area contributed by atoms with Crippen molar-refractivity contribution in [1.82, 2.24) is 9.97 Å². The highest BCUT2D eigenvalue weighted by Gasteiger charge is 2.05. The van der Waals surface area contributed by atoms with Crippen LogP contribution < -0.4 is 5.73 Å². The average molecular weight is 249 g/mol. The fourth-order valence-electron chi connectivity index (χ4n) is 1.99. The lowest BCUT2D eigenvalue weighted by atomic mass is 10.1. The molecule has 0 radical (unpaired) electrons. The zero-order chi connectivity index (χ0) is 13.2. The van der Waals surface area contributed by atoms with Crippen LogP contribution in [0.3, 0.4) is 0 Å². The molecule has 3 rings (SSSR count). The number of anilines is 1. The van der Waals surface area contributed by atoms with Gasteiger partial charge in [0.25, 0.3) is 0 Å². The Morgan fingerprint density at radius 3 is 2.21 bits per heavy atom. The first-order valence-electron chi connectivity index (χ1n) is 6.20. The van der Waals surface area contributed by atoms with E-state index in [0.717, 1.165) is 28.3 Å². The van der Waals surface area contributed by atoms with E-state index in [2.05, 4.69) is 41.2 Å². The lowest BCUT2D eigenvalue weighted by Gasteiger charge is -1.99. The number of hydrogen-bond acceptors (Lipinski definition) is 2. The molecule has 94 valence electrons. The summed E-state index contributed by atoms with van der Waals surface area (Å²) in [6.07, 6.45) is 1.85. The lowest BCUT2D eigenvalue weighted by molar-refractivity contribution is 1.30. The fraction of sp³-hybridized carbons (Fsp3) is 0.0625. The number of benzene rings is 2. The summed E-state index contributed by atoms with van der Waals surface area (Å²) in [6.45, 7) is 2.08. The molecule has 0 bridgehead atoms. The second-order valence-corrected chi connectivity index (χ2v) is 4.63. The molecule has 0 fully saturated rings. The highest BCUT2D eigenvalue weighted by molar-refractivity contribution is 5.65. The van der Waals surface area contributed by atoms with Crippen LogP contribution in [-0.4, -0.2) is 9.97 Å². The van der Waals surface area contributed by atoms with Gasteiger partial charge in [-0.25, -0.2) is 4.98 Å². The molecule has 0 amide bonds. The van der Waals surface area contributed by atoms with Crippen LogP contribution >= 0.6 is 0 Å². The number of nitrogens with zero attached hydrogens (tertiary/aromatic N) is 1. The molecule has 2 aromatic carbocycles. The van der Waals surface area contributed by atoms with Gasteiger partial charge in [-0.2, -0.15) is 0 Å². The minimum atomic E-state index is 0.766. The van der Waals surface area contributed by atoms with Gasteiger partial charge in [0.2, 0.25) is 0 Å². The van der Waals surface area contributed by atoms with Crippen LogP contribution in [0.4, 0.5) is 5.69 Å². The molecule has 3 aromatic rings. The molecule has 3 heteroatoms. The second-order valence-electron chi connectivity index (χ2n) is 4.63. The number of aromatic amines is 1. The van der Waals surface area contributed by atoms with E-state index in [1.54, 1.807) is 0 Å². The smallest absolute Gasteiger partial charge is 0.137 e. The van der Waals surface area contributed by atoms with E-state index in [1.807, 2.05) is 30.5 Å². The van der Waals surface area contributed by atoms with Crippen molar-refractivity contribution in [3.05, 3.63) is 60.3 Å². The summed E-state index contributed by atoms with van der Waals surface area (Å²) in [6, 6.07) is 16.1. The van der Waals surface area contributed by atoms with Crippen molar-refractivity contribution in [2.45, 2.75) is 6.92 Å². The summed E-state index contributed by atoms with van der Waals surface area (Å²) in [7, 11) is 0. The van der Waals surface area contributed by atoms with Gasteiger partial charge in [-0.15, -0.1) is 0 Å². The molecule has 0 aliphatic carbocycles. The summed E-state index contributed by atoms with van der Waals surface area (Å²) < 4.78 is 0. The molecule has 19 heavy (non-hydrogen) atoms. The molecule has 0 aliphatic heterocycles. The van der Waals surface area contributed by atoms with Crippen LogP contribution in [0.2, 0.25) is 0 Å². The standard InChI is InChI=1S/C16H15N3/c1-11-2-4-13(5-3-11)16-18-10-15(19-16)12-6-8-14(17)9-7-12/h2-10H,17H2,1H3,(H,18,19). The van der Waals surface area contributed by atoms with E-state index >= 15 is 0 Å². The summed E-state index contributed by atoms with van der Waals surface area (Å²) in [5.74, 6) is 0.881. The summed E-state index contributed by atoms with van der Waals surface area (Å²) in [5, 5.41) is 0. The molecule has 1 heterocycles. The topological polar surface area (TPSA) is 54.7 Å². The number of nitrogens with two attached hydrogens (primary N) is 1. The van der Waals surface area contributed by atoms with Crippen molar-refractivity contribution in [2.75, 3.05) is 5.73 Å². The first-order valence-corrected chi connectivity index (χ1v) is 6.20. The predicted molar refractivity (Wildman–Crippen MR) is 78.6 cm³/mol. The number of imidazole rings is 1. The quantitative estimate of drug-likeness (QED) is 0.681. The van der Waals surface area contributed by atoms with Crippen molar-refractivity contribution >= 4 is 5.69 Å². The highest BCUT2D eigenvalue weighted by atomic mass is 14.9. The van der Waals surface area contributed by atoms with Crippen LogP contribution in [-0.2, 0) is 0 Å². The third kappa shape index (κ3) is 2.36. The molecular weight excluding hydrogens is 234 g/mol. The van der Waals surface area contributed by atoms with Gasteiger partial charge < -0.3 is 10.7 Å². The number of hydrogen-bond donors (Lipinski definition) is 2. The number of H-pyrrole nitrogens is 1. The minimum Gasteiger partial charge on any atom is -0.399 e. The Morgan fingerprint density at radius 2 is 1.53 bits per heavy atom. The molecule has 0 unspecified atom stereocenters. The van der Waals surface area contributed by atoms with Gasteiger partial charge >= 0.3 is 0 Å². The van der Waals surface area contributed by atoms with Gasteiger partial charge in [0.1, 0.15) is 5.82 Å². The van der Waals surface area contributed by atoms with Crippen molar-refractivity contribution in [3.8, 4) is 22.6 Å². The van der Waals surface area contributed by atoms with Crippen LogP contribution in [0.25, 0.3) is 22.6 Å². The van der Waals surface area contributed by atoms with Gasteiger partial charge in [0, 0.05) is 11.3 Å².